The van der Waals surface area contributed by atoms with Crippen LogP contribution in [-0.4, -0.2) is 24.4 Å². The molecule has 6 aromatic carbocycles. The summed E-state index contributed by atoms with van der Waals surface area (Å²) < 4.78 is 247. The molecule has 0 radical (unpaired) electrons. The molecule has 0 heterocycles. The number of hydrogen-bond acceptors (Lipinski definition) is 5. The Kier molecular flexibility index (Phi) is 15.8. The summed E-state index contributed by atoms with van der Waals surface area (Å²) in [6.07, 6.45) is -7.96. The number of aliphatic hydroxyl groups excluding tert-OH is 1. The second kappa shape index (κ2) is 21.1. The van der Waals surface area contributed by atoms with Gasteiger partial charge in [0.05, 0.1) is 19.3 Å². The summed E-state index contributed by atoms with van der Waals surface area (Å²) in [7, 11) is 0. The van der Waals surface area contributed by atoms with E-state index < -0.39 is 133 Å². The lowest BCUT2D eigenvalue weighted by Crippen LogP contribution is -2.25. The first-order valence-electron chi connectivity index (χ1n) is 20.0. The molecule has 0 spiro atoms. The van der Waals surface area contributed by atoms with Gasteiger partial charge in [0.15, 0.2) is 34.9 Å². The second-order valence-corrected chi connectivity index (χ2v) is 14.9. The molecule has 6 rings (SSSR count). The lowest BCUT2D eigenvalue weighted by Gasteiger charge is -2.20. The highest BCUT2D eigenvalue weighted by Crippen LogP contribution is 2.40. The molecule has 0 saturated heterocycles. The van der Waals surface area contributed by atoms with Crippen molar-refractivity contribution < 1.29 is 94.3 Å². The van der Waals surface area contributed by atoms with Crippen LogP contribution in [0.4, 0.5) is 70.2 Å². The summed E-state index contributed by atoms with van der Waals surface area (Å²) in [4.78, 5) is 0. The van der Waals surface area contributed by atoms with Gasteiger partial charge in [-0.25, -0.2) is 52.7 Å². The number of alkyl halides is 4. The van der Waals surface area contributed by atoms with Crippen LogP contribution in [-0.2, 0) is 12.2 Å². The van der Waals surface area contributed by atoms with Gasteiger partial charge in [0.2, 0.25) is 0 Å². The van der Waals surface area contributed by atoms with Crippen LogP contribution in [0.5, 0.6) is 23.0 Å². The van der Waals surface area contributed by atoms with Gasteiger partial charge in [-0.15, -0.1) is 0 Å². The minimum Gasteiger partial charge on any atom is -0.493 e. The molecule has 0 aliphatic rings. The number of benzene rings is 6. The van der Waals surface area contributed by atoms with E-state index in [0.29, 0.717) is 62.8 Å². The number of rotatable bonds is 20. The maximum Gasteiger partial charge on any atom is 0.432 e. The first-order chi connectivity index (χ1) is 32.0. The van der Waals surface area contributed by atoms with Gasteiger partial charge in [-0.2, -0.15) is 17.6 Å². The molecule has 362 valence electrons. The van der Waals surface area contributed by atoms with E-state index >= 15 is 0 Å². The number of unbranched alkanes of at least 4 members (excludes halogenated alkanes) is 2. The predicted octanol–water partition coefficient (Wildman–Crippen LogP) is 14.1. The normalized spacial score (nSPS) is 11.9. The van der Waals surface area contributed by atoms with Gasteiger partial charge in [0.25, 0.3) is 0 Å². The van der Waals surface area contributed by atoms with Crippen LogP contribution >= 0.6 is 0 Å². The summed E-state index contributed by atoms with van der Waals surface area (Å²) in [5, 5.41) is 10.4. The van der Waals surface area contributed by atoms with Crippen molar-refractivity contribution >= 4 is 0 Å². The number of ether oxygens (including phenoxy) is 4. The van der Waals surface area contributed by atoms with E-state index in [1.807, 2.05) is 0 Å². The Bertz CT molecular complexity index is 2510. The Morgan fingerprint density at radius 2 is 0.691 bits per heavy atom. The fourth-order valence-electron chi connectivity index (χ4n) is 6.72. The zero-order valence-electron chi connectivity index (χ0n) is 34.4. The zero-order valence-corrected chi connectivity index (χ0v) is 34.4. The fourth-order valence-corrected chi connectivity index (χ4v) is 6.72. The topological polar surface area (TPSA) is 57.2 Å². The van der Waals surface area contributed by atoms with Gasteiger partial charge >= 0.3 is 12.2 Å². The lowest BCUT2D eigenvalue weighted by atomic mass is 10.0. The number of halogens is 16. The third-order valence-corrected chi connectivity index (χ3v) is 9.98. The lowest BCUT2D eigenvalue weighted by molar-refractivity contribution is -0.190. The van der Waals surface area contributed by atoms with Crippen LogP contribution in [0.3, 0.4) is 0 Å². The molecule has 0 aromatic heterocycles. The Morgan fingerprint density at radius 3 is 1.00 bits per heavy atom. The summed E-state index contributed by atoms with van der Waals surface area (Å²) in [6, 6.07) is 8.14. The first kappa shape index (κ1) is 50.8. The van der Waals surface area contributed by atoms with Crippen LogP contribution < -0.4 is 18.9 Å². The maximum absolute atomic E-state index is 15.0. The van der Waals surface area contributed by atoms with E-state index in [4.69, 9.17) is 9.47 Å². The molecule has 0 saturated carbocycles. The van der Waals surface area contributed by atoms with E-state index in [0.717, 1.165) is 24.3 Å². The predicted molar refractivity (Wildman–Crippen MR) is 210 cm³/mol. The van der Waals surface area contributed by atoms with Gasteiger partial charge in [-0.1, -0.05) is 0 Å². The van der Waals surface area contributed by atoms with Crippen molar-refractivity contribution in [1.29, 1.82) is 0 Å². The third kappa shape index (κ3) is 12.1. The monoisotopic (exact) mass is 980 g/mol. The molecule has 21 heteroatoms. The summed E-state index contributed by atoms with van der Waals surface area (Å²) in [6.45, 7) is 0.129. The Hall–Kier alpha value is -6.64. The van der Waals surface area contributed by atoms with Crippen LogP contribution in [0.1, 0.15) is 49.7 Å². The second-order valence-electron chi connectivity index (χ2n) is 14.9. The van der Waals surface area contributed by atoms with Crippen molar-refractivity contribution in [1.82, 2.24) is 0 Å². The first-order valence-corrected chi connectivity index (χ1v) is 20.0. The average Bonchev–Trinajstić information content (AvgIpc) is 3.23. The van der Waals surface area contributed by atoms with Gasteiger partial charge in [0.1, 0.15) is 69.0 Å². The van der Waals surface area contributed by atoms with Crippen molar-refractivity contribution in [3.63, 3.8) is 0 Å². The average molecular weight is 981 g/mol. The minimum atomic E-state index is -4.84. The molecule has 0 aliphatic carbocycles. The van der Waals surface area contributed by atoms with Crippen molar-refractivity contribution in [2.75, 3.05) is 13.2 Å². The van der Waals surface area contributed by atoms with Gasteiger partial charge in [-0.05, 0) is 98.2 Å². The molecular weight excluding hydrogens is 948 g/mol. The largest absolute Gasteiger partial charge is 0.493 e. The van der Waals surface area contributed by atoms with Crippen molar-refractivity contribution in [2.24, 2.45) is 0 Å². The smallest absolute Gasteiger partial charge is 0.432 e. The van der Waals surface area contributed by atoms with Gasteiger partial charge in [-0.3, -0.25) is 0 Å². The SMILES string of the molecule is OC(CCCCOc1ccc(-c2cc(F)c(C(F)(F)Oc3cc(F)c(F)c(F)c3)c(F)c2)c(F)c1)CCCCOc1ccc(-c2cc(F)c(C(F)(F)Oc3cc(F)c(F)c(F)c3)c(F)c2)c(F)c1. The summed E-state index contributed by atoms with van der Waals surface area (Å²) in [5.74, 6) is -23.8. The van der Waals surface area contributed by atoms with Crippen LogP contribution in [0.25, 0.3) is 22.3 Å². The summed E-state index contributed by atoms with van der Waals surface area (Å²) in [5.41, 5.74) is -5.73. The van der Waals surface area contributed by atoms with Gasteiger partial charge in [0, 0.05) is 47.5 Å². The van der Waals surface area contributed by atoms with Crippen LogP contribution in [0.2, 0.25) is 0 Å². The molecule has 1 N–H and O–H groups in total. The van der Waals surface area contributed by atoms with E-state index in [-0.39, 0.29) is 49.0 Å². The van der Waals surface area contributed by atoms with Crippen molar-refractivity contribution in [3.05, 3.63) is 166 Å². The standard InChI is InChI=1S/C47H32F16O5/c48-32-17-26(7-9-30(32)23-13-34(50)42(35(51)14-23)46(60,61)67-28-19-38(54)44(58)39(55)20-28)65-11-3-1-5-25(64)6-2-4-12-66-27-8-10-31(33(49)18-27)24-15-36(52)43(37(53)16-24)47(62,63)68-29-21-40(56)45(59)41(57)22-29/h7-10,13-22,25,64H,1-6,11-12H2. The highest BCUT2D eigenvalue weighted by molar-refractivity contribution is 5.67. The van der Waals surface area contributed by atoms with E-state index in [2.05, 4.69) is 9.47 Å². The van der Waals surface area contributed by atoms with Gasteiger partial charge < -0.3 is 24.1 Å². The van der Waals surface area contributed by atoms with E-state index in [9.17, 15) is 75.4 Å². The van der Waals surface area contributed by atoms with Crippen LogP contribution in [0.15, 0.2) is 84.9 Å². The van der Waals surface area contributed by atoms with E-state index in [1.54, 1.807) is 0 Å². The third-order valence-electron chi connectivity index (χ3n) is 9.98. The molecule has 0 bridgehead atoms. The summed E-state index contributed by atoms with van der Waals surface area (Å²) >= 11 is 0. The number of hydrogen-bond donors (Lipinski definition) is 1. The Balaban J connectivity index is 0.910. The highest BCUT2D eigenvalue weighted by atomic mass is 19.3. The molecule has 0 atom stereocenters. The Morgan fingerprint density at radius 1 is 0.382 bits per heavy atom. The van der Waals surface area contributed by atoms with Crippen molar-refractivity contribution in [2.45, 2.75) is 56.8 Å². The molecule has 0 unspecified atom stereocenters. The maximum atomic E-state index is 15.0. The molecule has 0 fully saturated rings. The van der Waals surface area contributed by atoms with Crippen molar-refractivity contribution in [3.8, 4) is 45.3 Å². The molecule has 0 amide bonds. The quantitative estimate of drug-likeness (QED) is 0.0469. The van der Waals surface area contributed by atoms with E-state index in [1.165, 1.54) is 12.1 Å². The molecular formula is C47H32F16O5. The van der Waals surface area contributed by atoms with Crippen LogP contribution in [0, 0.1) is 69.8 Å². The molecule has 68 heavy (non-hydrogen) atoms. The Labute approximate surface area is 375 Å². The zero-order chi connectivity index (χ0) is 49.7. The highest BCUT2D eigenvalue weighted by Gasteiger charge is 2.43. The molecule has 0 aliphatic heterocycles. The number of aliphatic hydroxyl groups is 1. The minimum absolute atomic E-state index is 0.00846. The molecule has 6 aromatic rings. The molecule has 5 nitrogen and oxygen atoms in total. The fraction of sp³-hybridized carbons (Fsp3) is 0.234.